The summed E-state index contributed by atoms with van der Waals surface area (Å²) in [5.74, 6) is 0. The van der Waals surface area contributed by atoms with Gasteiger partial charge in [0.1, 0.15) is 16.9 Å². The summed E-state index contributed by atoms with van der Waals surface area (Å²) in [6, 6.07) is 5.92. The molecular formula is C14H14ClN5S. The molecule has 5 nitrogen and oxygen atoms in total. The third-order valence-corrected chi connectivity index (χ3v) is 4.30. The van der Waals surface area contributed by atoms with Gasteiger partial charge in [0.2, 0.25) is 0 Å². The number of nitrogens with one attached hydrogen (secondary N) is 1. The van der Waals surface area contributed by atoms with Crippen LogP contribution in [0.25, 0.3) is 11.2 Å². The average Bonchev–Trinajstić information content (AvgIpc) is 2.91. The van der Waals surface area contributed by atoms with Crippen LogP contribution in [0.1, 0.15) is 12.5 Å². The van der Waals surface area contributed by atoms with Gasteiger partial charge in [-0.3, -0.25) is 0 Å². The molecule has 1 unspecified atom stereocenters. The smallest absolute Gasteiger partial charge is 0.181 e. The van der Waals surface area contributed by atoms with Gasteiger partial charge in [-0.2, -0.15) is 0 Å². The number of hydrogen-bond acceptors (Lipinski definition) is 5. The van der Waals surface area contributed by atoms with E-state index in [4.69, 9.17) is 17.3 Å². The number of rotatable bonds is 4. The number of fused-ring (bicyclic) bond motifs is 1. The minimum atomic E-state index is 0.0862. The zero-order valence-corrected chi connectivity index (χ0v) is 12.9. The van der Waals surface area contributed by atoms with Crippen LogP contribution >= 0.6 is 23.4 Å². The minimum absolute atomic E-state index is 0.0862. The fraction of sp³-hybridized carbons (Fsp3) is 0.214. The van der Waals surface area contributed by atoms with E-state index in [0.29, 0.717) is 10.7 Å². The van der Waals surface area contributed by atoms with Crippen LogP contribution in [0.5, 0.6) is 0 Å². The van der Waals surface area contributed by atoms with E-state index in [1.165, 1.54) is 6.33 Å². The van der Waals surface area contributed by atoms with Gasteiger partial charge in [-0.25, -0.2) is 15.0 Å². The summed E-state index contributed by atoms with van der Waals surface area (Å²) in [6.07, 6.45) is 3.92. The topological polar surface area (TPSA) is 80.5 Å². The number of hydrogen-bond donors (Lipinski definition) is 2. The van der Waals surface area contributed by atoms with Crippen molar-refractivity contribution in [3.05, 3.63) is 41.4 Å². The van der Waals surface area contributed by atoms with Gasteiger partial charge in [0.15, 0.2) is 5.65 Å². The molecule has 0 amide bonds. The van der Waals surface area contributed by atoms with Crippen molar-refractivity contribution in [2.75, 3.05) is 0 Å². The Labute approximate surface area is 131 Å². The molecule has 0 radical (unpaired) electrons. The van der Waals surface area contributed by atoms with Crippen molar-refractivity contribution >= 4 is 34.5 Å². The van der Waals surface area contributed by atoms with E-state index in [9.17, 15) is 0 Å². The van der Waals surface area contributed by atoms with Crippen molar-refractivity contribution in [2.45, 2.75) is 29.3 Å². The third kappa shape index (κ3) is 3.18. The number of nitrogens with zero attached hydrogens (tertiary/aromatic N) is 3. The molecule has 3 N–H and O–H groups in total. The van der Waals surface area contributed by atoms with E-state index in [1.807, 2.05) is 25.1 Å². The van der Waals surface area contributed by atoms with Gasteiger partial charge in [0.25, 0.3) is 0 Å². The molecule has 0 bridgehead atoms. The summed E-state index contributed by atoms with van der Waals surface area (Å²) >= 11 is 7.66. The molecule has 3 aromatic rings. The Morgan fingerprint density at radius 1 is 1.33 bits per heavy atom. The first kappa shape index (κ1) is 14.3. The van der Waals surface area contributed by atoms with Gasteiger partial charge in [0, 0.05) is 16.0 Å². The lowest BCUT2D eigenvalue weighted by Gasteiger charge is -2.11. The normalized spacial score (nSPS) is 12.7. The van der Waals surface area contributed by atoms with Crippen molar-refractivity contribution < 1.29 is 0 Å². The molecule has 0 saturated heterocycles. The molecule has 0 aliphatic heterocycles. The fourth-order valence-corrected chi connectivity index (χ4v) is 3.33. The maximum atomic E-state index is 6.12. The number of imidazole rings is 1. The number of H-pyrrole nitrogens is 1. The van der Waals surface area contributed by atoms with Crippen LogP contribution in [0.3, 0.4) is 0 Å². The van der Waals surface area contributed by atoms with Crippen molar-refractivity contribution in [1.29, 1.82) is 0 Å². The molecule has 21 heavy (non-hydrogen) atoms. The Morgan fingerprint density at radius 3 is 3.00 bits per heavy atom. The van der Waals surface area contributed by atoms with E-state index in [0.717, 1.165) is 27.4 Å². The molecule has 0 fully saturated rings. The standard InChI is InChI=1S/C14H14ClN5S/c1-8(16)4-9-2-3-10(15)5-11(9)21-14-12-13(18-6-17-12)19-7-20-14/h2-3,5-8H,4,16H2,1H3,(H,17,18,19,20). The zero-order chi connectivity index (χ0) is 14.8. The highest BCUT2D eigenvalue weighted by atomic mass is 35.5. The maximum Gasteiger partial charge on any atom is 0.181 e. The predicted molar refractivity (Wildman–Crippen MR) is 84.6 cm³/mol. The van der Waals surface area contributed by atoms with Gasteiger partial charge < -0.3 is 10.7 Å². The molecule has 0 saturated carbocycles. The summed E-state index contributed by atoms with van der Waals surface area (Å²) in [4.78, 5) is 16.7. The first-order valence-corrected chi connectivity index (χ1v) is 7.69. The minimum Gasteiger partial charge on any atom is -0.341 e. The molecule has 2 aromatic heterocycles. The van der Waals surface area contributed by atoms with Crippen LogP contribution in [0, 0.1) is 0 Å². The van der Waals surface area contributed by atoms with Crippen LogP contribution in [0.15, 0.2) is 40.8 Å². The van der Waals surface area contributed by atoms with Crippen LogP contribution in [0.2, 0.25) is 5.02 Å². The average molecular weight is 320 g/mol. The summed E-state index contributed by atoms with van der Waals surface area (Å²) in [5, 5.41) is 1.52. The lowest BCUT2D eigenvalue weighted by atomic mass is 10.1. The van der Waals surface area contributed by atoms with E-state index in [2.05, 4.69) is 19.9 Å². The second kappa shape index (κ2) is 6.01. The maximum absolute atomic E-state index is 6.12. The summed E-state index contributed by atoms with van der Waals surface area (Å²) < 4.78 is 0. The van der Waals surface area contributed by atoms with Gasteiger partial charge >= 0.3 is 0 Å². The first-order valence-electron chi connectivity index (χ1n) is 6.49. The van der Waals surface area contributed by atoms with Crippen molar-refractivity contribution in [2.24, 2.45) is 5.73 Å². The molecule has 108 valence electrons. The number of benzene rings is 1. The van der Waals surface area contributed by atoms with Crippen LogP contribution < -0.4 is 5.73 Å². The second-order valence-corrected chi connectivity index (χ2v) is 6.28. The Hall–Kier alpha value is -1.63. The van der Waals surface area contributed by atoms with Gasteiger partial charge in [-0.05, 0) is 31.0 Å². The van der Waals surface area contributed by atoms with Crippen molar-refractivity contribution in [3.8, 4) is 0 Å². The van der Waals surface area contributed by atoms with Gasteiger partial charge in [0.05, 0.1) is 6.33 Å². The molecule has 7 heteroatoms. The van der Waals surface area contributed by atoms with Gasteiger partial charge in [-0.1, -0.05) is 29.4 Å². The predicted octanol–water partition coefficient (Wildman–Crippen LogP) is 3.05. The largest absolute Gasteiger partial charge is 0.341 e. The number of nitrogens with two attached hydrogens (primary N) is 1. The van der Waals surface area contributed by atoms with Crippen LogP contribution in [-0.4, -0.2) is 26.0 Å². The Balaban J connectivity index is 2.00. The second-order valence-electron chi connectivity index (χ2n) is 4.82. The number of halogens is 1. The molecule has 3 rings (SSSR count). The Kier molecular flexibility index (Phi) is 4.10. The van der Waals surface area contributed by atoms with Crippen LogP contribution in [0.4, 0.5) is 0 Å². The quantitative estimate of drug-likeness (QED) is 0.722. The highest BCUT2D eigenvalue weighted by Crippen LogP contribution is 2.34. The zero-order valence-electron chi connectivity index (χ0n) is 11.4. The molecule has 1 atom stereocenters. The van der Waals surface area contributed by atoms with E-state index in [-0.39, 0.29) is 6.04 Å². The third-order valence-electron chi connectivity index (χ3n) is 2.97. The number of aromatic nitrogens is 4. The lowest BCUT2D eigenvalue weighted by Crippen LogP contribution is -2.18. The van der Waals surface area contributed by atoms with Gasteiger partial charge in [-0.15, -0.1) is 0 Å². The van der Waals surface area contributed by atoms with Crippen molar-refractivity contribution in [1.82, 2.24) is 19.9 Å². The highest BCUT2D eigenvalue weighted by molar-refractivity contribution is 7.99. The summed E-state index contributed by atoms with van der Waals surface area (Å²) in [6.45, 7) is 1.99. The SMILES string of the molecule is CC(N)Cc1ccc(Cl)cc1Sc1ncnc2nc[nH]c12. The Bertz CT molecular complexity index is 771. The molecule has 0 aliphatic rings. The molecule has 2 heterocycles. The fourth-order valence-electron chi connectivity index (χ4n) is 2.06. The Morgan fingerprint density at radius 2 is 2.19 bits per heavy atom. The first-order chi connectivity index (χ1) is 10.1. The van der Waals surface area contributed by atoms with E-state index in [1.54, 1.807) is 18.1 Å². The summed E-state index contributed by atoms with van der Waals surface area (Å²) in [7, 11) is 0. The van der Waals surface area contributed by atoms with E-state index < -0.39 is 0 Å². The molecule has 0 spiro atoms. The number of aromatic amines is 1. The molecule has 0 aliphatic carbocycles. The van der Waals surface area contributed by atoms with Crippen LogP contribution in [-0.2, 0) is 6.42 Å². The van der Waals surface area contributed by atoms with E-state index >= 15 is 0 Å². The molecule has 1 aromatic carbocycles. The monoisotopic (exact) mass is 319 g/mol. The summed E-state index contributed by atoms with van der Waals surface area (Å²) in [5.41, 5.74) is 8.56. The highest BCUT2D eigenvalue weighted by Gasteiger charge is 2.12. The molecular weight excluding hydrogens is 306 g/mol. The lowest BCUT2D eigenvalue weighted by molar-refractivity contribution is 0.729. The van der Waals surface area contributed by atoms with Crippen molar-refractivity contribution in [3.63, 3.8) is 0 Å².